The van der Waals surface area contributed by atoms with Crippen LogP contribution in [0, 0.1) is 11.6 Å². The molecule has 0 bridgehead atoms. The van der Waals surface area contributed by atoms with Crippen LogP contribution in [0.4, 0.5) is 8.78 Å². The number of benzene rings is 1. The van der Waals surface area contributed by atoms with Gasteiger partial charge in [0, 0.05) is 12.4 Å². The molecule has 0 aliphatic rings. The van der Waals surface area contributed by atoms with Crippen molar-refractivity contribution in [1.82, 2.24) is 5.32 Å². The Hall–Kier alpha value is -1.01. The molecule has 0 aliphatic heterocycles. The summed E-state index contributed by atoms with van der Waals surface area (Å²) in [5.41, 5.74) is -0.574. The SMILES string of the molecule is COCC(CBr)NC(=O)c1c(F)cccc1F. The smallest absolute Gasteiger partial charge is 0.257 e. The second kappa shape index (κ2) is 6.66. The topological polar surface area (TPSA) is 38.3 Å². The van der Waals surface area contributed by atoms with Gasteiger partial charge in [-0.25, -0.2) is 8.78 Å². The Morgan fingerprint density at radius 2 is 2.06 bits per heavy atom. The molecule has 1 rings (SSSR count). The van der Waals surface area contributed by atoms with E-state index in [-0.39, 0.29) is 12.6 Å². The van der Waals surface area contributed by atoms with Crippen LogP contribution >= 0.6 is 15.9 Å². The molecule has 0 heterocycles. The predicted molar refractivity (Wildman–Crippen MR) is 63.3 cm³/mol. The maximum Gasteiger partial charge on any atom is 0.257 e. The molecule has 6 heteroatoms. The third-order valence-electron chi connectivity index (χ3n) is 2.08. The molecule has 0 saturated carbocycles. The average Bonchev–Trinajstić information content (AvgIpc) is 2.28. The van der Waals surface area contributed by atoms with Crippen LogP contribution < -0.4 is 5.32 Å². The molecule has 1 N–H and O–H groups in total. The van der Waals surface area contributed by atoms with Crippen LogP contribution in [-0.2, 0) is 4.74 Å². The van der Waals surface area contributed by atoms with Gasteiger partial charge in [-0.1, -0.05) is 22.0 Å². The van der Waals surface area contributed by atoms with Gasteiger partial charge >= 0.3 is 0 Å². The molecule has 1 amide bonds. The van der Waals surface area contributed by atoms with Gasteiger partial charge in [-0.15, -0.1) is 0 Å². The first kappa shape index (κ1) is 14.1. The normalized spacial score (nSPS) is 12.2. The highest BCUT2D eigenvalue weighted by Crippen LogP contribution is 2.12. The number of carbonyl (C=O) groups excluding carboxylic acids is 1. The van der Waals surface area contributed by atoms with Crippen LogP contribution in [0.2, 0.25) is 0 Å². The summed E-state index contributed by atoms with van der Waals surface area (Å²) in [6.07, 6.45) is 0. The molecule has 0 aromatic heterocycles. The van der Waals surface area contributed by atoms with Crippen molar-refractivity contribution < 1.29 is 18.3 Å². The highest BCUT2D eigenvalue weighted by Gasteiger charge is 2.19. The quantitative estimate of drug-likeness (QED) is 0.846. The van der Waals surface area contributed by atoms with Crippen molar-refractivity contribution in [2.45, 2.75) is 6.04 Å². The van der Waals surface area contributed by atoms with E-state index in [1.807, 2.05) is 0 Å². The van der Waals surface area contributed by atoms with Gasteiger partial charge in [0.05, 0.1) is 12.6 Å². The summed E-state index contributed by atoms with van der Waals surface area (Å²) >= 11 is 3.17. The molecule has 17 heavy (non-hydrogen) atoms. The molecule has 1 aromatic rings. The molecule has 0 aliphatic carbocycles. The van der Waals surface area contributed by atoms with Crippen LogP contribution in [0.15, 0.2) is 18.2 Å². The van der Waals surface area contributed by atoms with Gasteiger partial charge in [0.15, 0.2) is 0 Å². The maximum atomic E-state index is 13.3. The fourth-order valence-corrected chi connectivity index (χ4v) is 1.65. The third kappa shape index (κ3) is 3.74. The summed E-state index contributed by atoms with van der Waals surface area (Å²) in [5.74, 6) is -2.55. The number of alkyl halides is 1. The highest BCUT2D eigenvalue weighted by atomic mass is 79.9. The van der Waals surface area contributed by atoms with E-state index in [0.29, 0.717) is 5.33 Å². The van der Waals surface area contributed by atoms with E-state index in [1.54, 1.807) is 0 Å². The van der Waals surface area contributed by atoms with Crippen LogP contribution in [0.3, 0.4) is 0 Å². The lowest BCUT2D eigenvalue weighted by Crippen LogP contribution is -2.40. The summed E-state index contributed by atoms with van der Waals surface area (Å²) in [6.45, 7) is 0.257. The Labute approximate surface area is 106 Å². The first-order valence-electron chi connectivity index (χ1n) is 4.90. The number of carbonyl (C=O) groups is 1. The van der Waals surface area contributed by atoms with E-state index in [9.17, 15) is 13.6 Å². The van der Waals surface area contributed by atoms with Crippen molar-refractivity contribution >= 4 is 21.8 Å². The van der Waals surface area contributed by atoms with Gasteiger partial charge in [-0.3, -0.25) is 4.79 Å². The fourth-order valence-electron chi connectivity index (χ4n) is 1.30. The van der Waals surface area contributed by atoms with Crippen LogP contribution in [0.1, 0.15) is 10.4 Å². The molecule has 0 spiro atoms. The molecule has 3 nitrogen and oxygen atoms in total. The summed E-state index contributed by atoms with van der Waals surface area (Å²) in [5, 5.41) is 2.91. The first-order chi connectivity index (χ1) is 8.10. The molecule has 0 saturated heterocycles. The van der Waals surface area contributed by atoms with Gasteiger partial charge in [0.25, 0.3) is 5.91 Å². The predicted octanol–water partition coefficient (Wildman–Crippen LogP) is 2.10. The van der Waals surface area contributed by atoms with Gasteiger partial charge in [0.2, 0.25) is 0 Å². The monoisotopic (exact) mass is 307 g/mol. The summed E-state index contributed by atoms with van der Waals surface area (Å²) in [7, 11) is 1.48. The maximum absolute atomic E-state index is 13.3. The Morgan fingerprint density at radius 1 is 1.47 bits per heavy atom. The second-order valence-corrected chi connectivity index (χ2v) is 4.02. The molecule has 94 valence electrons. The minimum atomic E-state index is -0.881. The van der Waals surface area contributed by atoms with Crippen molar-refractivity contribution in [2.24, 2.45) is 0 Å². The van der Waals surface area contributed by atoms with Crippen molar-refractivity contribution in [3.05, 3.63) is 35.4 Å². The summed E-state index contributed by atoms with van der Waals surface area (Å²) in [6, 6.07) is 2.94. The van der Waals surface area contributed by atoms with Crippen LogP contribution in [0.5, 0.6) is 0 Å². The molecular weight excluding hydrogens is 296 g/mol. The molecular formula is C11H12BrF2NO2. The molecule has 1 aromatic carbocycles. The number of ether oxygens (including phenoxy) is 1. The third-order valence-corrected chi connectivity index (χ3v) is 2.86. The number of hydrogen-bond donors (Lipinski definition) is 1. The lowest BCUT2D eigenvalue weighted by atomic mass is 10.1. The molecule has 0 fully saturated rings. The van der Waals surface area contributed by atoms with Crippen molar-refractivity contribution in [3.8, 4) is 0 Å². The fraction of sp³-hybridized carbons (Fsp3) is 0.364. The Kier molecular flexibility index (Phi) is 5.50. The lowest BCUT2D eigenvalue weighted by molar-refractivity contribution is 0.0899. The lowest BCUT2D eigenvalue weighted by Gasteiger charge is -2.15. The number of halogens is 3. The van der Waals surface area contributed by atoms with E-state index in [0.717, 1.165) is 12.1 Å². The van der Waals surface area contributed by atoms with Crippen molar-refractivity contribution in [2.75, 3.05) is 19.0 Å². The van der Waals surface area contributed by atoms with Crippen molar-refractivity contribution in [3.63, 3.8) is 0 Å². The Morgan fingerprint density at radius 3 is 2.53 bits per heavy atom. The number of amides is 1. The number of nitrogens with one attached hydrogen (secondary N) is 1. The zero-order valence-electron chi connectivity index (χ0n) is 9.17. The van der Waals surface area contributed by atoms with E-state index in [4.69, 9.17) is 4.74 Å². The molecule has 1 unspecified atom stereocenters. The van der Waals surface area contributed by atoms with Crippen LogP contribution in [0.25, 0.3) is 0 Å². The largest absolute Gasteiger partial charge is 0.383 e. The number of methoxy groups -OCH3 is 1. The minimum absolute atomic E-state index is 0.257. The minimum Gasteiger partial charge on any atom is -0.383 e. The van der Waals surface area contributed by atoms with Gasteiger partial charge in [0.1, 0.15) is 17.2 Å². The average molecular weight is 308 g/mol. The van der Waals surface area contributed by atoms with Crippen LogP contribution in [-0.4, -0.2) is 31.0 Å². The van der Waals surface area contributed by atoms with Gasteiger partial charge in [-0.2, -0.15) is 0 Å². The first-order valence-corrected chi connectivity index (χ1v) is 6.02. The second-order valence-electron chi connectivity index (χ2n) is 3.38. The number of rotatable bonds is 5. The Bertz CT molecular complexity index is 381. The van der Waals surface area contributed by atoms with Gasteiger partial charge in [-0.05, 0) is 12.1 Å². The molecule has 1 atom stereocenters. The zero-order chi connectivity index (χ0) is 12.8. The zero-order valence-corrected chi connectivity index (χ0v) is 10.8. The van der Waals surface area contributed by atoms with E-state index >= 15 is 0 Å². The van der Waals surface area contributed by atoms with E-state index in [1.165, 1.54) is 13.2 Å². The van der Waals surface area contributed by atoms with E-state index in [2.05, 4.69) is 21.2 Å². The number of hydrogen-bond acceptors (Lipinski definition) is 2. The molecule has 0 radical (unpaired) electrons. The van der Waals surface area contributed by atoms with Crippen molar-refractivity contribution in [1.29, 1.82) is 0 Å². The highest BCUT2D eigenvalue weighted by molar-refractivity contribution is 9.09. The summed E-state index contributed by atoms with van der Waals surface area (Å²) < 4.78 is 31.5. The summed E-state index contributed by atoms with van der Waals surface area (Å²) in [4.78, 5) is 11.7. The van der Waals surface area contributed by atoms with Gasteiger partial charge < -0.3 is 10.1 Å². The van der Waals surface area contributed by atoms with E-state index < -0.39 is 23.1 Å². The Balaban J connectivity index is 2.82. The standard InChI is InChI=1S/C11H12BrF2NO2/c1-17-6-7(5-12)15-11(16)10-8(13)3-2-4-9(10)14/h2-4,7H,5-6H2,1H3,(H,15,16).